The Morgan fingerprint density at radius 1 is 0.704 bits per heavy atom. The molecule has 54 heavy (non-hydrogen) atoms. The van der Waals surface area contributed by atoms with E-state index >= 15 is 0 Å². The van der Waals surface area contributed by atoms with Gasteiger partial charge in [0.2, 0.25) is 0 Å². The number of phenols is 2. The molecule has 17 nitrogen and oxygen atoms in total. The molecule has 0 aliphatic carbocycles. The Morgan fingerprint density at radius 3 is 2.17 bits per heavy atom. The van der Waals surface area contributed by atoms with Crippen LogP contribution in [0, 0.1) is 0 Å². The van der Waals surface area contributed by atoms with E-state index in [4.69, 9.17) is 15.3 Å². The average Bonchev–Trinajstić information content (AvgIpc) is 3.15. The number of ether oxygens (including phenoxy) is 1. The van der Waals surface area contributed by atoms with Crippen molar-refractivity contribution in [3.05, 3.63) is 97.1 Å². The van der Waals surface area contributed by atoms with Crippen LogP contribution in [-0.2, 0) is 45.9 Å². The number of azo groups is 2. The zero-order valence-electron chi connectivity index (χ0n) is 27.1. The Kier molecular flexibility index (Phi) is 13.4. The quantitative estimate of drug-likeness (QED) is 0.0149. The minimum atomic E-state index is -4.70. The van der Waals surface area contributed by atoms with Crippen LogP contribution >= 0.6 is 24.1 Å². The Hall–Kier alpha value is -4.87. The molecule has 1 radical (unpaired) electrons. The van der Waals surface area contributed by atoms with Crippen molar-refractivity contribution in [1.29, 1.82) is 0 Å². The zero-order chi connectivity index (χ0) is 37.5. The first-order valence-electron chi connectivity index (χ1n) is 14.8. The van der Waals surface area contributed by atoms with E-state index in [1.807, 2.05) is 30.3 Å². The van der Waals surface area contributed by atoms with Crippen molar-refractivity contribution in [1.82, 2.24) is 0 Å². The molecule has 0 bridgehead atoms. The molecule has 6 aromatic rings. The van der Waals surface area contributed by atoms with E-state index in [1.165, 1.54) is 43.5 Å². The fourth-order valence-electron chi connectivity index (χ4n) is 5.08. The molecule has 0 spiro atoms. The van der Waals surface area contributed by atoms with Crippen LogP contribution in [0.5, 0.6) is 17.2 Å². The third kappa shape index (κ3) is 9.43. The number of benzene rings is 6. The molecule has 0 heterocycles. The molecule has 0 unspecified atom stereocenters. The molecule has 283 valence electrons. The number of methoxy groups -OCH3 is 1. The fourth-order valence-corrected chi connectivity index (χ4v) is 6.83. The smallest absolute Gasteiger partial charge is 0.295 e. The van der Waals surface area contributed by atoms with Crippen molar-refractivity contribution >= 4 is 89.9 Å². The predicted octanol–water partition coefficient (Wildman–Crippen LogP) is 10.1. The normalized spacial score (nSPS) is 11.8. The van der Waals surface area contributed by atoms with Gasteiger partial charge in [0.25, 0.3) is 10.1 Å². The van der Waals surface area contributed by atoms with Gasteiger partial charge in [0, 0.05) is 56.2 Å². The Morgan fingerprint density at radius 2 is 1.44 bits per heavy atom. The van der Waals surface area contributed by atoms with Crippen molar-refractivity contribution in [2.45, 2.75) is 14.7 Å². The van der Waals surface area contributed by atoms with Gasteiger partial charge in [-0.05, 0) is 71.4 Å². The van der Waals surface area contributed by atoms with Crippen molar-refractivity contribution < 1.29 is 74.2 Å². The molecule has 0 fully saturated rings. The first-order chi connectivity index (χ1) is 25.6. The number of rotatable bonds is 14. The molecule has 6 aromatic carbocycles. The monoisotopic (exact) mass is 842 g/mol. The third-order valence-corrected chi connectivity index (χ3v) is 9.46. The van der Waals surface area contributed by atoms with Crippen LogP contribution in [0.3, 0.4) is 0 Å². The second kappa shape index (κ2) is 18.0. The largest absolute Gasteiger partial charge is 0.506 e. The van der Waals surface area contributed by atoms with Gasteiger partial charge in [-0.25, -0.2) is 10.5 Å². The SMILES string of the molecule is COc1cc(N=Nc2c(SOOO)cc3cc(Nc4ccccc4)ccc3c2O)c(O)cc1N=Nc1ccc2cc(SOOO)cc(S(=O)(=O)O)c2c1.[Cu]. The maximum Gasteiger partial charge on any atom is 0.295 e. The van der Waals surface area contributed by atoms with E-state index in [0.29, 0.717) is 40.2 Å². The number of fused-ring (bicyclic) bond motifs is 2. The molecule has 0 saturated heterocycles. The summed E-state index contributed by atoms with van der Waals surface area (Å²) in [7, 11) is -3.36. The van der Waals surface area contributed by atoms with Crippen molar-refractivity contribution in [3.63, 3.8) is 0 Å². The summed E-state index contributed by atoms with van der Waals surface area (Å²) in [6, 6.07) is 25.9. The maximum atomic E-state index is 12.1. The molecule has 0 saturated carbocycles. The standard InChI is InChI=1S/C33H25N5O12S3.Cu/c1-46-29-17-26(28(39)16-27(29)37-35-22-8-7-18-12-23(51-49-47-41)15-31(25(18)14-22)53(43,44)45)36-38-32-30(52-50-48-42)13-19-11-21(9-10-24(19)33(32)40)34-20-5-3-2-4-6-20;/h2-17,34,39-42H,1H3,(H,43,44,45);. The maximum absolute atomic E-state index is 12.1. The van der Waals surface area contributed by atoms with Crippen LogP contribution < -0.4 is 10.1 Å². The van der Waals surface area contributed by atoms with Crippen molar-refractivity contribution in [2.24, 2.45) is 20.5 Å². The first-order valence-corrected chi connectivity index (χ1v) is 17.7. The van der Waals surface area contributed by atoms with Crippen LogP contribution in [-0.4, -0.2) is 40.8 Å². The number of anilines is 2. The molecular formula is C33H25CuN5O12S3. The van der Waals surface area contributed by atoms with Gasteiger partial charge >= 0.3 is 0 Å². The van der Waals surface area contributed by atoms with Gasteiger partial charge in [0.15, 0.2) is 5.75 Å². The second-order valence-corrected chi connectivity index (χ2v) is 13.6. The number of hydrogen-bond acceptors (Lipinski definition) is 18. The summed E-state index contributed by atoms with van der Waals surface area (Å²) in [6.45, 7) is 0. The van der Waals surface area contributed by atoms with E-state index in [1.54, 1.807) is 24.3 Å². The third-order valence-electron chi connectivity index (χ3n) is 7.39. The van der Waals surface area contributed by atoms with E-state index in [0.717, 1.165) is 17.4 Å². The fraction of sp³-hybridized carbons (Fsp3) is 0.0303. The second-order valence-electron chi connectivity index (χ2n) is 10.7. The van der Waals surface area contributed by atoms with Gasteiger partial charge < -0.3 is 20.3 Å². The number of hydrogen-bond donors (Lipinski definition) is 6. The number of nitrogens with one attached hydrogen (secondary N) is 1. The topological polar surface area (TPSA) is 243 Å². The van der Waals surface area contributed by atoms with Crippen LogP contribution in [0.2, 0.25) is 0 Å². The van der Waals surface area contributed by atoms with Crippen LogP contribution in [0.15, 0.2) is 132 Å². The number of para-hydroxylation sites is 1. The van der Waals surface area contributed by atoms with E-state index in [-0.39, 0.29) is 66.5 Å². The molecule has 6 rings (SSSR count). The Labute approximate surface area is 324 Å². The molecular weight excluding hydrogens is 818 g/mol. The Balaban J connectivity index is 0.00000561. The molecule has 0 aromatic heterocycles. The number of aromatic hydroxyl groups is 2. The van der Waals surface area contributed by atoms with E-state index in [9.17, 15) is 23.2 Å². The summed E-state index contributed by atoms with van der Waals surface area (Å²) in [5.74, 6) is -0.551. The summed E-state index contributed by atoms with van der Waals surface area (Å²) < 4.78 is 48.6. The van der Waals surface area contributed by atoms with Gasteiger partial charge in [0.1, 0.15) is 33.5 Å². The molecule has 0 aliphatic rings. The number of phenolic OH excluding ortho intramolecular Hbond substituents is 2. The van der Waals surface area contributed by atoms with Gasteiger partial charge in [-0.1, -0.05) is 34.3 Å². The summed E-state index contributed by atoms with van der Waals surface area (Å²) in [5.41, 5.74) is 1.69. The summed E-state index contributed by atoms with van der Waals surface area (Å²) in [5, 5.41) is 68.0. The molecule has 0 aliphatic heterocycles. The summed E-state index contributed by atoms with van der Waals surface area (Å²) >= 11 is 1.07. The Bertz CT molecular complexity index is 2480. The first kappa shape index (κ1) is 40.3. The molecule has 0 amide bonds. The van der Waals surface area contributed by atoms with Gasteiger partial charge in [-0.3, -0.25) is 4.55 Å². The van der Waals surface area contributed by atoms with E-state index in [2.05, 4.69) is 44.5 Å². The minimum Gasteiger partial charge on any atom is -0.506 e. The van der Waals surface area contributed by atoms with Crippen LogP contribution in [0.25, 0.3) is 21.5 Å². The van der Waals surface area contributed by atoms with E-state index < -0.39 is 20.8 Å². The van der Waals surface area contributed by atoms with Gasteiger partial charge in [-0.15, -0.1) is 24.0 Å². The molecule has 6 N–H and O–H groups in total. The molecule has 0 atom stereocenters. The number of nitrogens with zero attached hydrogens (tertiary/aromatic N) is 4. The average molecular weight is 843 g/mol. The minimum absolute atomic E-state index is 0. The van der Waals surface area contributed by atoms with Crippen molar-refractivity contribution in [2.75, 3.05) is 12.4 Å². The summed E-state index contributed by atoms with van der Waals surface area (Å²) in [4.78, 5) is -0.0492. The van der Waals surface area contributed by atoms with Crippen LogP contribution in [0.1, 0.15) is 0 Å². The van der Waals surface area contributed by atoms with Crippen molar-refractivity contribution in [3.8, 4) is 17.2 Å². The predicted molar refractivity (Wildman–Crippen MR) is 193 cm³/mol. The van der Waals surface area contributed by atoms with Gasteiger partial charge in [0.05, 0.1) is 41.8 Å². The van der Waals surface area contributed by atoms with Gasteiger partial charge in [-0.2, -0.15) is 13.5 Å². The summed E-state index contributed by atoms with van der Waals surface area (Å²) in [6.07, 6.45) is 0. The van der Waals surface area contributed by atoms with Crippen LogP contribution in [0.4, 0.5) is 34.1 Å². The molecule has 21 heteroatoms. The zero-order valence-corrected chi connectivity index (χ0v) is 30.5.